The first kappa shape index (κ1) is 29.3. The Morgan fingerprint density at radius 1 is 1.00 bits per heavy atom. The molecule has 0 atom stereocenters. The average molecular weight is 578 g/mol. The Morgan fingerprint density at radius 3 is 2.21 bits per heavy atom. The molecular weight excluding hydrogens is 546 g/mol. The van der Waals surface area contributed by atoms with Crippen molar-refractivity contribution in [1.29, 1.82) is 0 Å². The molecule has 218 valence electrons. The molecule has 0 bridgehead atoms. The molecule has 10 nitrogen and oxygen atoms in total. The number of hydrogen-bond acceptors (Lipinski definition) is 8. The molecule has 0 saturated carbocycles. The third kappa shape index (κ3) is 6.19. The largest absolute Gasteiger partial charge is 0.478 e. The van der Waals surface area contributed by atoms with E-state index in [9.17, 15) is 24.8 Å². The van der Waals surface area contributed by atoms with E-state index in [1.807, 2.05) is 67.1 Å². The smallest absolute Gasteiger partial charge is 0.335 e. The highest BCUT2D eigenvalue weighted by Gasteiger charge is 2.39. The van der Waals surface area contributed by atoms with Crippen molar-refractivity contribution in [1.82, 2.24) is 14.9 Å². The van der Waals surface area contributed by atoms with Gasteiger partial charge in [0, 0.05) is 79.2 Å². The number of rotatable bonds is 9. The maximum atomic E-state index is 13.7. The number of nitrogens with zero attached hydrogens (tertiary/aromatic N) is 5. The van der Waals surface area contributed by atoms with Crippen LogP contribution in [-0.2, 0) is 23.3 Å². The van der Waals surface area contributed by atoms with Gasteiger partial charge in [0.25, 0.3) is 5.70 Å². The highest BCUT2D eigenvalue weighted by Crippen LogP contribution is 2.47. The normalized spacial score (nSPS) is 17.7. The molecule has 5 rings (SSSR count). The van der Waals surface area contributed by atoms with E-state index >= 15 is 0 Å². The second-order valence-corrected chi connectivity index (χ2v) is 11.0. The number of carbonyl (C=O) groups excluding carboxylic acids is 1. The van der Waals surface area contributed by atoms with Crippen molar-refractivity contribution in [2.75, 3.05) is 18.5 Å². The number of hydrogen-bond donors (Lipinski definition) is 1. The van der Waals surface area contributed by atoms with Crippen molar-refractivity contribution in [2.45, 2.75) is 32.4 Å². The molecule has 0 spiro atoms. The number of nitro groups is 1. The van der Waals surface area contributed by atoms with E-state index in [2.05, 4.69) is 9.97 Å². The maximum absolute atomic E-state index is 13.7. The molecule has 1 aliphatic carbocycles. The van der Waals surface area contributed by atoms with Crippen LogP contribution in [0.2, 0.25) is 0 Å². The van der Waals surface area contributed by atoms with Crippen LogP contribution in [0.5, 0.6) is 0 Å². The lowest BCUT2D eigenvalue weighted by Crippen LogP contribution is -2.30. The van der Waals surface area contributed by atoms with Crippen LogP contribution in [0, 0.1) is 10.1 Å². The minimum atomic E-state index is -1.01. The number of aromatic carboxylic acids is 1. The number of anilines is 1. The van der Waals surface area contributed by atoms with Gasteiger partial charge in [0.1, 0.15) is 0 Å². The number of carbonyl (C=O) groups is 2. The third-order valence-electron chi connectivity index (χ3n) is 7.71. The number of ketones is 1. The van der Waals surface area contributed by atoms with Gasteiger partial charge in [-0.2, -0.15) is 0 Å². The van der Waals surface area contributed by atoms with Crippen LogP contribution >= 0.6 is 0 Å². The van der Waals surface area contributed by atoms with Gasteiger partial charge in [-0.3, -0.25) is 29.8 Å². The lowest BCUT2D eigenvalue weighted by Gasteiger charge is -2.24. The quantitative estimate of drug-likeness (QED) is 0.210. The Bertz CT molecular complexity index is 1670. The number of carboxylic acid groups (broad SMARTS) is 1. The SMILES string of the molecule is CN1/C(=C/C=C2\C=C([N+](=O)[O-])C=C(CN(Cc3ccccn3)Cc3ccccn3)C2=O)C(C)(C)c2cc(C(=O)O)ccc21. The van der Waals surface area contributed by atoms with Crippen molar-refractivity contribution < 1.29 is 19.6 Å². The fourth-order valence-corrected chi connectivity index (χ4v) is 5.53. The molecule has 0 amide bonds. The van der Waals surface area contributed by atoms with Crippen molar-refractivity contribution in [2.24, 2.45) is 0 Å². The Hall–Kier alpha value is -5.22. The maximum Gasteiger partial charge on any atom is 0.335 e. The molecule has 0 fully saturated rings. The summed E-state index contributed by atoms with van der Waals surface area (Å²) >= 11 is 0. The minimum Gasteiger partial charge on any atom is -0.478 e. The van der Waals surface area contributed by atoms with Gasteiger partial charge < -0.3 is 10.0 Å². The highest BCUT2D eigenvalue weighted by molar-refractivity contribution is 6.12. The zero-order valence-corrected chi connectivity index (χ0v) is 24.1. The molecule has 0 unspecified atom stereocenters. The molecule has 1 N–H and O–H groups in total. The van der Waals surface area contributed by atoms with Crippen LogP contribution < -0.4 is 4.90 Å². The predicted molar refractivity (Wildman–Crippen MR) is 162 cm³/mol. The number of carboxylic acids is 1. The standard InChI is InChI=1S/C33H31N5O5/c1-33(2)28-18-23(32(40)41)10-12-29(28)36(3)30(33)13-11-22-16-27(38(42)43)17-24(31(22)39)19-37(20-25-8-4-6-14-34-25)21-26-9-5-7-15-35-26/h4-18H,19-21H2,1-3H3,(H,40,41)/b22-11+,30-13+. The molecule has 43 heavy (non-hydrogen) atoms. The van der Waals surface area contributed by atoms with E-state index in [4.69, 9.17) is 0 Å². The summed E-state index contributed by atoms with van der Waals surface area (Å²) in [4.78, 5) is 49.5. The third-order valence-corrected chi connectivity index (χ3v) is 7.71. The molecule has 0 saturated heterocycles. The van der Waals surface area contributed by atoms with Crippen LogP contribution in [0.15, 0.2) is 114 Å². The summed E-state index contributed by atoms with van der Waals surface area (Å²) < 4.78 is 0. The summed E-state index contributed by atoms with van der Waals surface area (Å²) in [7, 11) is 1.87. The fourth-order valence-electron chi connectivity index (χ4n) is 5.53. The highest BCUT2D eigenvalue weighted by atomic mass is 16.6. The molecule has 3 heterocycles. The topological polar surface area (TPSA) is 130 Å². The van der Waals surface area contributed by atoms with E-state index in [0.29, 0.717) is 18.7 Å². The van der Waals surface area contributed by atoms with E-state index in [0.717, 1.165) is 28.3 Å². The van der Waals surface area contributed by atoms with Crippen molar-refractivity contribution in [3.8, 4) is 0 Å². The number of pyridine rings is 2. The Kier molecular flexibility index (Phi) is 8.13. The van der Waals surface area contributed by atoms with Gasteiger partial charge >= 0.3 is 5.97 Å². The summed E-state index contributed by atoms with van der Waals surface area (Å²) in [6.45, 7) is 4.94. The Balaban J connectivity index is 1.47. The Labute approximate surface area is 249 Å². The van der Waals surface area contributed by atoms with Crippen LogP contribution in [0.3, 0.4) is 0 Å². The zero-order valence-electron chi connectivity index (χ0n) is 24.1. The summed E-state index contributed by atoms with van der Waals surface area (Å²) in [6.07, 6.45) is 9.42. The molecule has 1 aromatic carbocycles. The van der Waals surface area contributed by atoms with E-state index in [-0.39, 0.29) is 29.2 Å². The molecule has 1 aliphatic heterocycles. The van der Waals surface area contributed by atoms with Gasteiger partial charge in [0.15, 0.2) is 5.78 Å². The van der Waals surface area contributed by atoms with Gasteiger partial charge in [-0.25, -0.2) is 4.79 Å². The zero-order chi connectivity index (χ0) is 30.7. The number of likely N-dealkylation sites (N-methyl/N-ethyl adjacent to an activating group) is 1. The number of allylic oxidation sites excluding steroid dienone is 6. The van der Waals surface area contributed by atoms with Crippen molar-refractivity contribution >= 4 is 17.4 Å². The van der Waals surface area contributed by atoms with E-state index in [1.165, 1.54) is 12.2 Å². The van der Waals surface area contributed by atoms with Crippen LogP contribution in [0.4, 0.5) is 5.69 Å². The number of fused-ring (bicyclic) bond motifs is 1. The number of aromatic nitrogens is 2. The van der Waals surface area contributed by atoms with E-state index in [1.54, 1.807) is 42.7 Å². The summed E-state index contributed by atoms with van der Waals surface area (Å²) in [5.41, 5.74) is 4.05. The minimum absolute atomic E-state index is 0.153. The van der Waals surface area contributed by atoms with E-state index < -0.39 is 16.3 Å². The number of benzene rings is 1. The first-order valence-electron chi connectivity index (χ1n) is 13.7. The van der Waals surface area contributed by atoms with Crippen LogP contribution in [-0.4, -0.2) is 50.2 Å². The molecule has 3 aromatic rings. The van der Waals surface area contributed by atoms with Crippen molar-refractivity contribution in [3.05, 3.63) is 146 Å². The summed E-state index contributed by atoms with van der Waals surface area (Å²) in [5, 5.41) is 21.4. The van der Waals surface area contributed by atoms with Gasteiger partial charge in [-0.15, -0.1) is 0 Å². The summed E-state index contributed by atoms with van der Waals surface area (Å²) in [5.74, 6) is -1.32. The molecule has 2 aliphatic rings. The molecular formula is C33H31N5O5. The monoisotopic (exact) mass is 577 g/mol. The second kappa shape index (κ2) is 11.9. The molecule has 0 radical (unpaired) electrons. The van der Waals surface area contributed by atoms with Gasteiger partial charge in [0.05, 0.1) is 21.9 Å². The summed E-state index contributed by atoms with van der Waals surface area (Å²) in [6, 6.07) is 16.2. The molecule has 2 aromatic heterocycles. The van der Waals surface area contributed by atoms with Gasteiger partial charge in [0.2, 0.25) is 0 Å². The lowest BCUT2D eigenvalue weighted by atomic mass is 9.83. The van der Waals surface area contributed by atoms with Gasteiger partial charge in [-0.05, 0) is 60.2 Å². The first-order valence-corrected chi connectivity index (χ1v) is 13.7. The first-order chi connectivity index (χ1) is 20.5. The van der Waals surface area contributed by atoms with Crippen LogP contribution in [0.1, 0.15) is 41.2 Å². The predicted octanol–water partition coefficient (Wildman–Crippen LogP) is 5.08. The Morgan fingerprint density at radius 2 is 1.65 bits per heavy atom. The molecule has 10 heteroatoms. The average Bonchev–Trinajstić information content (AvgIpc) is 3.18. The number of Topliss-reactive ketones (excluding diaryl/α,β-unsaturated/α-hetero) is 1. The lowest BCUT2D eigenvalue weighted by molar-refractivity contribution is -0.419. The van der Waals surface area contributed by atoms with Crippen LogP contribution in [0.25, 0.3) is 0 Å². The van der Waals surface area contributed by atoms with Gasteiger partial charge in [-0.1, -0.05) is 26.0 Å². The van der Waals surface area contributed by atoms with Crippen molar-refractivity contribution in [3.63, 3.8) is 0 Å². The second-order valence-electron chi connectivity index (χ2n) is 11.0. The fraction of sp³-hybridized carbons (Fsp3) is 0.212.